The minimum Gasteiger partial charge on any atom is -0.337 e. The molecule has 0 aromatic heterocycles. The van der Waals surface area contributed by atoms with Gasteiger partial charge in [0.15, 0.2) is 0 Å². The molecule has 0 radical (unpaired) electrons. The van der Waals surface area contributed by atoms with Crippen molar-refractivity contribution in [3.8, 4) is 0 Å². The fourth-order valence-electron chi connectivity index (χ4n) is 2.78. The zero-order valence-electron chi connectivity index (χ0n) is 11.1. The molecule has 0 bridgehead atoms. The van der Waals surface area contributed by atoms with E-state index in [4.69, 9.17) is 11.6 Å². The highest BCUT2D eigenvalue weighted by molar-refractivity contribution is 6.18. The van der Waals surface area contributed by atoms with Crippen molar-refractivity contribution in [2.75, 3.05) is 12.4 Å². The van der Waals surface area contributed by atoms with E-state index in [9.17, 15) is 4.79 Å². The Balaban J connectivity index is 1.98. The van der Waals surface area contributed by atoms with Crippen LogP contribution in [0.4, 0.5) is 4.79 Å². The number of halogens is 1. The molecule has 104 valence electrons. The Hall–Kier alpha value is -1.22. The van der Waals surface area contributed by atoms with E-state index in [-0.39, 0.29) is 12.1 Å². The van der Waals surface area contributed by atoms with E-state index in [1.807, 2.05) is 6.07 Å². The number of rotatable bonds is 4. The first-order valence-corrected chi connectivity index (χ1v) is 7.50. The fraction of sp³-hybridized carbons (Fsp3) is 0.533. The Morgan fingerprint density at radius 1 is 1.21 bits per heavy atom. The van der Waals surface area contributed by atoms with Crippen LogP contribution in [-0.2, 0) is 0 Å². The number of hydrogen-bond donors (Lipinski definition) is 2. The lowest BCUT2D eigenvalue weighted by atomic mass is 9.80. The van der Waals surface area contributed by atoms with Gasteiger partial charge >= 0.3 is 6.03 Å². The van der Waals surface area contributed by atoms with Crippen molar-refractivity contribution in [2.45, 2.75) is 37.6 Å². The van der Waals surface area contributed by atoms with Gasteiger partial charge in [0.05, 0.1) is 0 Å². The molecule has 0 aliphatic heterocycles. The molecule has 1 saturated carbocycles. The topological polar surface area (TPSA) is 41.1 Å². The third kappa shape index (κ3) is 4.13. The summed E-state index contributed by atoms with van der Waals surface area (Å²) in [5.41, 5.74) is 1.32. The van der Waals surface area contributed by atoms with Crippen LogP contribution in [-0.4, -0.2) is 24.5 Å². The van der Waals surface area contributed by atoms with Gasteiger partial charge in [-0.25, -0.2) is 4.79 Å². The van der Waals surface area contributed by atoms with Crippen LogP contribution in [0.5, 0.6) is 0 Å². The summed E-state index contributed by atoms with van der Waals surface area (Å²) in [6, 6.07) is 10.6. The van der Waals surface area contributed by atoms with Crippen molar-refractivity contribution < 1.29 is 4.79 Å². The first-order valence-electron chi connectivity index (χ1n) is 6.96. The lowest BCUT2D eigenvalue weighted by molar-refractivity contribution is 0.229. The Morgan fingerprint density at radius 2 is 1.95 bits per heavy atom. The molecule has 2 rings (SSSR count). The number of amides is 2. The predicted octanol–water partition coefficient (Wildman–Crippen LogP) is 3.25. The van der Waals surface area contributed by atoms with Gasteiger partial charge in [-0.05, 0) is 18.4 Å². The molecule has 1 aliphatic rings. The maximum Gasteiger partial charge on any atom is 0.315 e. The molecule has 1 aromatic rings. The molecule has 4 heteroatoms. The number of urea groups is 1. The van der Waals surface area contributed by atoms with Gasteiger partial charge in [-0.3, -0.25) is 0 Å². The standard InChI is InChI=1S/C15H21ClN2O/c16-10-11-17-15(19)18-14-9-5-4-8-13(14)12-6-2-1-3-7-12/h1-3,6-7,13-14H,4-5,8-11H2,(H2,17,18,19)/t13-,14+/m0/s1. The van der Waals surface area contributed by atoms with Gasteiger partial charge < -0.3 is 10.6 Å². The van der Waals surface area contributed by atoms with Crippen LogP contribution in [0.1, 0.15) is 37.2 Å². The molecule has 0 saturated heterocycles. The summed E-state index contributed by atoms with van der Waals surface area (Å²) < 4.78 is 0. The van der Waals surface area contributed by atoms with Gasteiger partial charge in [0.25, 0.3) is 0 Å². The highest BCUT2D eigenvalue weighted by Gasteiger charge is 2.27. The van der Waals surface area contributed by atoms with Gasteiger partial charge in [-0.15, -0.1) is 11.6 Å². The minimum absolute atomic E-state index is 0.103. The summed E-state index contributed by atoms with van der Waals surface area (Å²) in [5.74, 6) is 0.872. The van der Waals surface area contributed by atoms with E-state index < -0.39 is 0 Å². The summed E-state index contributed by atoms with van der Waals surface area (Å²) in [7, 11) is 0. The third-order valence-electron chi connectivity index (χ3n) is 3.69. The first kappa shape index (κ1) is 14.2. The van der Waals surface area contributed by atoms with Crippen molar-refractivity contribution in [3.63, 3.8) is 0 Å². The van der Waals surface area contributed by atoms with Crippen LogP contribution in [0.3, 0.4) is 0 Å². The van der Waals surface area contributed by atoms with Crippen molar-refractivity contribution in [3.05, 3.63) is 35.9 Å². The predicted molar refractivity (Wildman–Crippen MR) is 78.7 cm³/mol. The maximum absolute atomic E-state index is 11.8. The van der Waals surface area contributed by atoms with Crippen molar-refractivity contribution >= 4 is 17.6 Å². The van der Waals surface area contributed by atoms with Crippen LogP contribution >= 0.6 is 11.6 Å². The average molecular weight is 281 g/mol. The second-order valence-corrected chi connectivity index (χ2v) is 5.38. The van der Waals surface area contributed by atoms with E-state index in [1.165, 1.54) is 18.4 Å². The minimum atomic E-state index is -0.103. The zero-order chi connectivity index (χ0) is 13.5. The lowest BCUT2D eigenvalue weighted by Gasteiger charge is -2.32. The first-order chi connectivity index (χ1) is 9.31. The average Bonchev–Trinajstić information content (AvgIpc) is 2.46. The normalized spacial score (nSPS) is 22.8. The quantitative estimate of drug-likeness (QED) is 0.817. The number of alkyl halides is 1. The maximum atomic E-state index is 11.8. The molecule has 0 unspecified atom stereocenters. The SMILES string of the molecule is O=C(NCCCl)N[C@@H]1CCCC[C@H]1c1ccccc1. The van der Waals surface area contributed by atoms with E-state index in [0.29, 0.717) is 18.3 Å². The second-order valence-electron chi connectivity index (χ2n) is 5.00. The molecule has 1 fully saturated rings. The highest BCUT2D eigenvalue weighted by Crippen LogP contribution is 2.32. The van der Waals surface area contributed by atoms with Crippen molar-refractivity contribution in [1.29, 1.82) is 0 Å². The largest absolute Gasteiger partial charge is 0.337 e. The lowest BCUT2D eigenvalue weighted by Crippen LogP contribution is -2.46. The Labute approximate surface area is 119 Å². The smallest absolute Gasteiger partial charge is 0.315 e. The summed E-state index contributed by atoms with van der Waals surface area (Å²) in [6.45, 7) is 0.510. The van der Waals surface area contributed by atoms with Crippen molar-refractivity contribution in [1.82, 2.24) is 10.6 Å². The number of benzene rings is 1. The molecule has 1 aliphatic carbocycles. The van der Waals surface area contributed by atoms with Crippen LogP contribution in [0.15, 0.2) is 30.3 Å². The third-order valence-corrected chi connectivity index (χ3v) is 3.88. The molecule has 0 spiro atoms. The summed E-state index contributed by atoms with van der Waals surface area (Å²) in [6.07, 6.45) is 4.61. The number of carbonyl (C=O) groups excluding carboxylic acids is 1. The number of carbonyl (C=O) groups is 1. The van der Waals surface area contributed by atoms with Gasteiger partial charge in [0, 0.05) is 24.4 Å². The second kappa shape index (κ2) is 7.39. The molecule has 1 aromatic carbocycles. The zero-order valence-corrected chi connectivity index (χ0v) is 11.8. The molecule has 3 nitrogen and oxygen atoms in total. The van der Waals surface area contributed by atoms with Crippen LogP contribution in [0.25, 0.3) is 0 Å². The van der Waals surface area contributed by atoms with E-state index in [0.717, 1.165) is 12.8 Å². The Kier molecular flexibility index (Phi) is 5.52. The molecule has 19 heavy (non-hydrogen) atoms. The van der Waals surface area contributed by atoms with Crippen molar-refractivity contribution in [2.24, 2.45) is 0 Å². The fourth-order valence-corrected chi connectivity index (χ4v) is 2.88. The van der Waals surface area contributed by atoms with Crippen LogP contribution < -0.4 is 10.6 Å². The number of hydrogen-bond acceptors (Lipinski definition) is 1. The molecule has 2 atom stereocenters. The monoisotopic (exact) mass is 280 g/mol. The van der Waals surface area contributed by atoms with E-state index >= 15 is 0 Å². The van der Waals surface area contributed by atoms with E-state index in [1.54, 1.807) is 0 Å². The molecular formula is C15H21ClN2O. The van der Waals surface area contributed by atoms with Gasteiger partial charge in [0.2, 0.25) is 0 Å². The Morgan fingerprint density at radius 3 is 2.68 bits per heavy atom. The molecular weight excluding hydrogens is 260 g/mol. The molecule has 2 N–H and O–H groups in total. The van der Waals surface area contributed by atoms with Gasteiger partial charge in [-0.2, -0.15) is 0 Å². The van der Waals surface area contributed by atoms with Crippen LogP contribution in [0, 0.1) is 0 Å². The van der Waals surface area contributed by atoms with Gasteiger partial charge in [0.1, 0.15) is 0 Å². The highest BCUT2D eigenvalue weighted by atomic mass is 35.5. The molecule has 0 heterocycles. The van der Waals surface area contributed by atoms with Gasteiger partial charge in [-0.1, -0.05) is 43.2 Å². The summed E-state index contributed by atoms with van der Waals surface area (Å²) in [5, 5.41) is 5.86. The number of nitrogens with one attached hydrogen (secondary N) is 2. The van der Waals surface area contributed by atoms with E-state index in [2.05, 4.69) is 34.9 Å². The van der Waals surface area contributed by atoms with Crippen LogP contribution in [0.2, 0.25) is 0 Å². The molecule has 2 amide bonds. The summed E-state index contributed by atoms with van der Waals surface area (Å²) >= 11 is 5.57. The Bertz CT molecular complexity index is 396. The summed E-state index contributed by atoms with van der Waals surface area (Å²) in [4.78, 5) is 11.8.